The molecule has 9 heteroatoms. The highest BCUT2D eigenvalue weighted by Crippen LogP contribution is 2.20. The molecule has 7 nitrogen and oxygen atoms in total. The lowest BCUT2D eigenvalue weighted by Gasteiger charge is -2.15. The highest BCUT2D eigenvalue weighted by Gasteiger charge is 2.17. The van der Waals surface area contributed by atoms with E-state index in [1.165, 1.54) is 22.0 Å². The summed E-state index contributed by atoms with van der Waals surface area (Å²) in [4.78, 5) is 31.7. The number of aromatic nitrogens is 3. The predicted octanol–water partition coefficient (Wildman–Crippen LogP) is 2.58. The van der Waals surface area contributed by atoms with Gasteiger partial charge in [-0.05, 0) is 25.5 Å². The molecule has 3 aromatic rings. The Bertz CT molecular complexity index is 996. The molecule has 0 spiro atoms. The molecule has 1 aromatic carbocycles. The molecular formula is C17H18ClN5O2S. The molecule has 0 aliphatic carbocycles. The highest BCUT2D eigenvalue weighted by molar-refractivity contribution is 7.20. The van der Waals surface area contributed by atoms with E-state index in [0.29, 0.717) is 15.1 Å². The van der Waals surface area contributed by atoms with Gasteiger partial charge in [0.05, 0.1) is 0 Å². The number of carbonyl (C=O) groups is 1. The van der Waals surface area contributed by atoms with Gasteiger partial charge in [-0.25, -0.2) is 4.98 Å². The van der Waals surface area contributed by atoms with Crippen LogP contribution in [-0.2, 0) is 6.54 Å². The number of carbonyl (C=O) groups excluding carboxylic acids is 1. The second-order valence-electron chi connectivity index (χ2n) is 5.50. The molecule has 0 atom stereocenters. The van der Waals surface area contributed by atoms with E-state index in [0.717, 1.165) is 18.7 Å². The lowest BCUT2D eigenvalue weighted by molar-refractivity contribution is 0.0948. The average Bonchev–Trinajstić information content (AvgIpc) is 3.07. The predicted molar refractivity (Wildman–Crippen MR) is 103 cm³/mol. The van der Waals surface area contributed by atoms with Gasteiger partial charge in [0.25, 0.3) is 11.5 Å². The first-order chi connectivity index (χ1) is 12.5. The van der Waals surface area contributed by atoms with Crippen molar-refractivity contribution in [3.05, 3.63) is 57.0 Å². The van der Waals surface area contributed by atoms with Crippen LogP contribution in [0.25, 0.3) is 4.96 Å². The van der Waals surface area contributed by atoms with Crippen molar-refractivity contribution >= 4 is 38.9 Å². The molecular weight excluding hydrogens is 374 g/mol. The molecule has 2 aromatic heterocycles. The summed E-state index contributed by atoms with van der Waals surface area (Å²) < 4.78 is 1.18. The molecule has 0 aliphatic rings. The number of nitrogens with one attached hydrogen (secondary N) is 1. The fraction of sp³-hybridized carbons (Fsp3) is 0.294. The number of rotatable bonds is 6. The molecule has 1 amide bonds. The van der Waals surface area contributed by atoms with E-state index in [9.17, 15) is 9.59 Å². The smallest absolute Gasteiger partial charge is 0.288 e. The number of hydrogen-bond donors (Lipinski definition) is 1. The van der Waals surface area contributed by atoms with Crippen molar-refractivity contribution < 1.29 is 4.79 Å². The molecule has 1 N–H and O–H groups in total. The maximum atomic E-state index is 12.6. The number of amides is 1. The maximum Gasteiger partial charge on any atom is 0.288 e. The second kappa shape index (κ2) is 7.84. The zero-order valence-electron chi connectivity index (χ0n) is 14.4. The van der Waals surface area contributed by atoms with Crippen molar-refractivity contribution in [1.29, 1.82) is 0 Å². The maximum absolute atomic E-state index is 12.6. The minimum Gasteiger partial charge on any atom is -0.348 e. The van der Waals surface area contributed by atoms with E-state index < -0.39 is 11.5 Å². The van der Waals surface area contributed by atoms with Crippen molar-refractivity contribution in [3.63, 3.8) is 0 Å². The topological polar surface area (TPSA) is 79.6 Å². The van der Waals surface area contributed by atoms with Gasteiger partial charge < -0.3 is 10.2 Å². The van der Waals surface area contributed by atoms with E-state index in [2.05, 4.69) is 15.4 Å². The molecule has 0 saturated carbocycles. The van der Waals surface area contributed by atoms with Crippen LogP contribution < -0.4 is 15.8 Å². The number of hydrogen-bond acceptors (Lipinski definition) is 6. The summed E-state index contributed by atoms with van der Waals surface area (Å²) in [5.41, 5.74) is 0.237. The third-order valence-corrected chi connectivity index (χ3v) is 5.30. The van der Waals surface area contributed by atoms with Crippen LogP contribution in [0, 0.1) is 0 Å². The Hall–Kier alpha value is -2.45. The van der Waals surface area contributed by atoms with Gasteiger partial charge in [0, 0.05) is 30.9 Å². The summed E-state index contributed by atoms with van der Waals surface area (Å²) in [5.74, 6) is -0.505. The molecule has 0 fully saturated rings. The Kier molecular flexibility index (Phi) is 5.53. The molecule has 0 unspecified atom stereocenters. The van der Waals surface area contributed by atoms with Crippen molar-refractivity contribution in [1.82, 2.24) is 19.9 Å². The van der Waals surface area contributed by atoms with E-state index >= 15 is 0 Å². The van der Waals surface area contributed by atoms with Crippen LogP contribution in [0.15, 0.2) is 35.3 Å². The van der Waals surface area contributed by atoms with E-state index in [-0.39, 0.29) is 12.1 Å². The summed E-state index contributed by atoms with van der Waals surface area (Å²) in [6.45, 7) is 5.80. The summed E-state index contributed by atoms with van der Waals surface area (Å²) in [5, 5.41) is 8.28. The lowest BCUT2D eigenvalue weighted by atomic mass is 10.2. The Morgan fingerprint density at radius 2 is 2.04 bits per heavy atom. The molecule has 0 bridgehead atoms. The quantitative estimate of drug-likeness (QED) is 0.698. The summed E-state index contributed by atoms with van der Waals surface area (Å²) in [6.07, 6.45) is 1.30. The van der Waals surface area contributed by atoms with Crippen molar-refractivity contribution in [2.45, 2.75) is 20.4 Å². The van der Waals surface area contributed by atoms with Crippen molar-refractivity contribution in [2.24, 2.45) is 0 Å². The molecule has 0 saturated heterocycles. The SMILES string of the molecule is CCN(CC)c1nn2c(=O)c(C(=O)NCc3ccccc3Cl)cnc2s1. The van der Waals surface area contributed by atoms with Crippen LogP contribution in [0.1, 0.15) is 29.8 Å². The normalized spacial score (nSPS) is 10.9. The monoisotopic (exact) mass is 391 g/mol. The van der Waals surface area contributed by atoms with Gasteiger partial charge in [-0.2, -0.15) is 4.52 Å². The van der Waals surface area contributed by atoms with Gasteiger partial charge in [-0.15, -0.1) is 5.10 Å². The Morgan fingerprint density at radius 1 is 1.31 bits per heavy atom. The van der Waals surface area contributed by atoms with Crippen LogP contribution in [-0.4, -0.2) is 33.6 Å². The summed E-state index contributed by atoms with van der Waals surface area (Å²) >= 11 is 7.40. The number of benzene rings is 1. The van der Waals surface area contributed by atoms with Gasteiger partial charge in [-0.1, -0.05) is 41.1 Å². The Morgan fingerprint density at radius 3 is 2.73 bits per heavy atom. The zero-order valence-corrected chi connectivity index (χ0v) is 16.0. The molecule has 136 valence electrons. The van der Waals surface area contributed by atoms with E-state index in [1.807, 2.05) is 36.9 Å². The average molecular weight is 392 g/mol. The third kappa shape index (κ3) is 3.56. The Balaban J connectivity index is 1.85. The van der Waals surface area contributed by atoms with Gasteiger partial charge in [0.2, 0.25) is 10.1 Å². The van der Waals surface area contributed by atoms with E-state index in [4.69, 9.17) is 11.6 Å². The molecule has 0 radical (unpaired) electrons. The standard InChI is InChI=1S/C17H18ClN5O2S/c1-3-22(4-2)17-21-23-15(25)12(10-20-16(23)26-17)14(24)19-9-11-7-5-6-8-13(11)18/h5-8,10H,3-4,9H2,1-2H3,(H,19,24). The molecule has 2 heterocycles. The number of nitrogens with zero attached hydrogens (tertiary/aromatic N) is 4. The number of halogens is 1. The fourth-order valence-electron chi connectivity index (χ4n) is 2.47. The van der Waals surface area contributed by atoms with E-state index in [1.54, 1.807) is 6.07 Å². The van der Waals surface area contributed by atoms with Crippen LogP contribution >= 0.6 is 22.9 Å². The summed E-state index contributed by atoms with van der Waals surface area (Å²) in [6, 6.07) is 7.21. The largest absolute Gasteiger partial charge is 0.348 e. The molecule has 0 aliphatic heterocycles. The lowest BCUT2D eigenvalue weighted by Crippen LogP contribution is -2.31. The van der Waals surface area contributed by atoms with Crippen LogP contribution in [0.3, 0.4) is 0 Å². The first kappa shape index (κ1) is 18.3. The van der Waals surface area contributed by atoms with Crippen LogP contribution in [0.5, 0.6) is 0 Å². The number of fused-ring (bicyclic) bond motifs is 1. The first-order valence-electron chi connectivity index (χ1n) is 8.20. The second-order valence-corrected chi connectivity index (χ2v) is 6.84. The van der Waals surface area contributed by atoms with Gasteiger partial charge in [0.1, 0.15) is 5.56 Å². The fourth-order valence-corrected chi connectivity index (χ4v) is 3.66. The van der Waals surface area contributed by atoms with Gasteiger partial charge >= 0.3 is 0 Å². The van der Waals surface area contributed by atoms with Crippen molar-refractivity contribution in [2.75, 3.05) is 18.0 Å². The number of anilines is 1. The molecule has 3 rings (SSSR count). The van der Waals surface area contributed by atoms with Gasteiger partial charge in [-0.3, -0.25) is 9.59 Å². The van der Waals surface area contributed by atoms with Crippen LogP contribution in [0.4, 0.5) is 5.13 Å². The highest BCUT2D eigenvalue weighted by atomic mass is 35.5. The first-order valence-corrected chi connectivity index (χ1v) is 9.40. The summed E-state index contributed by atoms with van der Waals surface area (Å²) in [7, 11) is 0. The minimum atomic E-state index is -0.505. The Labute approximate surface area is 159 Å². The molecule has 26 heavy (non-hydrogen) atoms. The van der Waals surface area contributed by atoms with Crippen LogP contribution in [0.2, 0.25) is 5.02 Å². The van der Waals surface area contributed by atoms with Gasteiger partial charge in [0.15, 0.2) is 0 Å². The van der Waals surface area contributed by atoms with Crippen molar-refractivity contribution in [3.8, 4) is 0 Å². The third-order valence-electron chi connectivity index (χ3n) is 3.95. The zero-order chi connectivity index (χ0) is 18.7. The minimum absolute atomic E-state index is 0.0500.